The maximum Gasteiger partial charge on any atom is 0.220 e. The molecule has 19 heavy (non-hydrogen) atoms. The summed E-state index contributed by atoms with van der Waals surface area (Å²) >= 11 is 0. The van der Waals surface area contributed by atoms with Crippen LogP contribution in [0.25, 0.3) is 0 Å². The second kappa shape index (κ2) is 6.19. The summed E-state index contributed by atoms with van der Waals surface area (Å²) in [6.07, 6.45) is 4.31. The molecule has 2 aliphatic heterocycles. The van der Waals surface area contributed by atoms with Crippen LogP contribution >= 0.6 is 0 Å². The summed E-state index contributed by atoms with van der Waals surface area (Å²) in [5, 5.41) is 6.28. The molecule has 0 aromatic heterocycles. The van der Waals surface area contributed by atoms with Gasteiger partial charge in [0.25, 0.3) is 0 Å². The molecule has 2 rings (SSSR count). The van der Waals surface area contributed by atoms with Gasteiger partial charge >= 0.3 is 0 Å². The number of nitrogens with zero attached hydrogens (tertiary/aromatic N) is 1. The second-order valence-corrected chi connectivity index (χ2v) is 7.55. The summed E-state index contributed by atoms with van der Waals surface area (Å²) in [7, 11) is -3.08. The fourth-order valence-corrected chi connectivity index (χ4v) is 3.64. The molecule has 1 atom stereocenters. The van der Waals surface area contributed by atoms with Crippen LogP contribution in [0.15, 0.2) is 0 Å². The van der Waals surface area contributed by atoms with Gasteiger partial charge in [-0.25, -0.2) is 12.7 Å². The number of hydrogen-bond acceptors (Lipinski definition) is 4. The Morgan fingerprint density at radius 3 is 2.53 bits per heavy atom. The van der Waals surface area contributed by atoms with Crippen molar-refractivity contribution in [1.29, 1.82) is 0 Å². The quantitative estimate of drug-likeness (QED) is 0.733. The lowest BCUT2D eigenvalue weighted by molar-refractivity contribution is -0.122. The van der Waals surface area contributed by atoms with Crippen molar-refractivity contribution in [2.75, 3.05) is 32.4 Å². The van der Waals surface area contributed by atoms with Crippen LogP contribution in [0, 0.1) is 5.92 Å². The molecule has 2 fully saturated rings. The smallest absolute Gasteiger partial charge is 0.220 e. The van der Waals surface area contributed by atoms with Crippen molar-refractivity contribution in [2.24, 2.45) is 5.92 Å². The molecule has 0 bridgehead atoms. The zero-order chi connectivity index (χ0) is 13.9. The summed E-state index contributed by atoms with van der Waals surface area (Å²) < 4.78 is 24.2. The first-order chi connectivity index (χ1) is 8.95. The van der Waals surface area contributed by atoms with Crippen molar-refractivity contribution in [1.82, 2.24) is 14.9 Å². The maximum absolute atomic E-state index is 11.9. The second-order valence-electron chi connectivity index (χ2n) is 5.57. The lowest BCUT2D eigenvalue weighted by atomic mass is 10.0. The molecule has 0 spiro atoms. The fraction of sp³-hybridized carbons (Fsp3) is 0.917. The Morgan fingerprint density at radius 2 is 2.00 bits per heavy atom. The molecule has 2 N–H and O–H groups in total. The van der Waals surface area contributed by atoms with Crippen molar-refractivity contribution in [3.63, 3.8) is 0 Å². The third kappa shape index (κ3) is 4.43. The SMILES string of the molecule is CS(=O)(=O)N1CCC(NC(=O)CC2CCNC2)CC1. The van der Waals surface area contributed by atoms with E-state index in [0.717, 1.165) is 19.5 Å². The van der Waals surface area contributed by atoms with E-state index in [1.165, 1.54) is 10.6 Å². The first kappa shape index (κ1) is 14.7. The zero-order valence-corrected chi connectivity index (χ0v) is 12.2. The van der Waals surface area contributed by atoms with E-state index in [2.05, 4.69) is 10.6 Å². The Morgan fingerprint density at radius 1 is 1.32 bits per heavy atom. The largest absolute Gasteiger partial charge is 0.353 e. The van der Waals surface area contributed by atoms with Crippen molar-refractivity contribution in [3.8, 4) is 0 Å². The van der Waals surface area contributed by atoms with Crippen LogP contribution in [0.2, 0.25) is 0 Å². The Bertz CT molecular complexity index is 410. The van der Waals surface area contributed by atoms with Crippen LogP contribution in [-0.2, 0) is 14.8 Å². The lowest BCUT2D eigenvalue weighted by Gasteiger charge is -2.30. The van der Waals surface area contributed by atoms with Gasteiger partial charge in [0.2, 0.25) is 15.9 Å². The molecule has 2 aliphatic rings. The molecule has 0 saturated carbocycles. The van der Waals surface area contributed by atoms with E-state index in [0.29, 0.717) is 38.3 Å². The number of carbonyl (C=O) groups is 1. The number of nitrogens with one attached hydrogen (secondary N) is 2. The van der Waals surface area contributed by atoms with E-state index in [4.69, 9.17) is 0 Å². The van der Waals surface area contributed by atoms with E-state index in [1.54, 1.807) is 0 Å². The number of rotatable bonds is 4. The maximum atomic E-state index is 11.9. The van der Waals surface area contributed by atoms with Gasteiger partial charge in [-0.1, -0.05) is 0 Å². The Labute approximate surface area is 115 Å². The average molecular weight is 289 g/mol. The highest BCUT2D eigenvalue weighted by molar-refractivity contribution is 7.88. The van der Waals surface area contributed by atoms with Crippen molar-refractivity contribution in [2.45, 2.75) is 31.7 Å². The molecule has 0 aromatic rings. The topological polar surface area (TPSA) is 78.5 Å². The summed E-state index contributed by atoms with van der Waals surface area (Å²) in [5.74, 6) is 0.558. The van der Waals surface area contributed by atoms with Gasteiger partial charge in [-0.15, -0.1) is 0 Å². The van der Waals surface area contributed by atoms with E-state index in [-0.39, 0.29) is 11.9 Å². The lowest BCUT2D eigenvalue weighted by Crippen LogP contribution is -2.46. The molecule has 0 aliphatic carbocycles. The molecular weight excluding hydrogens is 266 g/mol. The van der Waals surface area contributed by atoms with Crippen LogP contribution in [0.1, 0.15) is 25.7 Å². The van der Waals surface area contributed by atoms with Gasteiger partial charge in [-0.3, -0.25) is 4.79 Å². The van der Waals surface area contributed by atoms with Gasteiger partial charge in [-0.2, -0.15) is 0 Å². The summed E-state index contributed by atoms with van der Waals surface area (Å²) in [6.45, 7) is 2.95. The van der Waals surface area contributed by atoms with Gasteiger partial charge in [0, 0.05) is 25.6 Å². The fourth-order valence-electron chi connectivity index (χ4n) is 2.77. The molecule has 110 valence electrons. The van der Waals surface area contributed by atoms with Crippen LogP contribution in [-0.4, -0.2) is 57.1 Å². The van der Waals surface area contributed by atoms with Crippen molar-refractivity contribution >= 4 is 15.9 Å². The first-order valence-corrected chi connectivity index (χ1v) is 8.75. The number of sulfonamides is 1. The summed E-state index contributed by atoms with van der Waals surface area (Å²) in [4.78, 5) is 11.9. The predicted octanol–water partition coefficient (Wildman–Crippen LogP) is -0.474. The van der Waals surface area contributed by atoms with Crippen LogP contribution in [0.3, 0.4) is 0 Å². The standard InChI is InChI=1S/C12H23N3O3S/c1-19(17,18)15-6-3-11(4-7-15)14-12(16)8-10-2-5-13-9-10/h10-11,13H,2-9H2,1H3,(H,14,16). The highest BCUT2D eigenvalue weighted by Gasteiger charge is 2.26. The minimum Gasteiger partial charge on any atom is -0.353 e. The normalized spacial score (nSPS) is 26.5. The minimum atomic E-state index is -3.08. The van der Waals surface area contributed by atoms with E-state index >= 15 is 0 Å². The molecule has 6 nitrogen and oxygen atoms in total. The Balaban J connectivity index is 1.71. The monoisotopic (exact) mass is 289 g/mol. The number of carbonyl (C=O) groups excluding carboxylic acids is 1. The highest BCUT2D eigenvalue weighted by Crippen LogP contribution is 2.15. The minimum absolute atomic E-state index is 0.103. The average Bonchev–Trinajstić information content (AvgIpc) is 2.81. The van der Waals surface area contributed by atoms with E-state index < -0.39 is 10.0 Å². The summed E-state index contributed by atoms with van der Waals surface area (Å²) in [5.41, 5.74) is 0. The van der Waals surface area contributed by atoms with Gasteiger partial charge in [-0.05, 0) is 38.3 Å². The molecule has 1 amide bonds. The van der Waals surface area contributed by atoms with Crippen LogP contribution in [0.4, 0.5) is 0 Å². The number of hydrogen-bond donors (Lipinski definition) is 2. The van der Waals surface area contributed by atoms with E-state index in [9.17, 15) is 13.2 Å². The van der Waals surface area contributed by atoms with Gasteiger partial charge in [0.1, 0.15) is 0 Å². The van der Waals surface area contributed by atoms with Gasteiger partial charge in [0.15, 0.2) is 0 Å². The van der Waals surface area contributed by atoms with Crippen LogP contribution in [0.5, 0.6) is 0 Å². The highest BCUT2D eigenvalue weighted by atomic mass is 32.2. The van der Waals surface area contributed by atoms with Gasteiger partial charge < -0.3 is 10.6 Å². The van der Waals surface area contributed by atoms with Gasteiger partial charge in [0.05, 0.1) is 6.26 Å². The third-order valence-corrected chi connectivity index (χ3v) is 5.23. The summed E-state index contributed by atoms with van der Waals surface area (Å²) in [6, 6.07) is 0.125. The molecular formula is C12H23N3O3S. The molecule has 0 aromatic carbocycles. The zero-order valence-electron chi connectivity index (χ0n) is 11.4. The Hall–Kier alpha value is -0.660. The van der Waals surface area contributed by atoms with Crippen molar-refractivity contribution in [3.05, 3.63) is 0 Å². The van der Waals surface area contributed by atoms with Crippen LogP contribution < -0.4 is 10.6 Å². The number of piperidine rings is 1. The first-order valence-electron chi connectivity index (χ1n) is 6.90. The molecule has 0 radical (unpaired) electrons. The Kier molecular flexibility index (Phi) is 4.81. The molecule has 2 saturated heterocycles. The molecule has 2 heterocycles. The number of amides is 1. The van der Waals surface area contributed by atoms with Crippen molar-refractivity contribution < 1.29 is 13.2 Å². The predicted molar refractivity (Wildman–Crippen MR) is 73.2 cm³/mol. The molecule has 1 unspecified atom stereocenters. The third-order valence-electron chi connectivity index (χ3n) is 3.92. The van der Waals surface area contributed by atoms with E-state index in [1.807, 2.05) is 0 Å². The molecule has 7 heteroatoms.